The number of carboxylic acid groups (broad SMARTS) is 1. The van der Waals surface area contributed by atoms with Gasteiger partial charge in [-0.25, -0.2) is 4.98 Å². The Morgan fingerprint density at radius 1 is 1.25 bits per heavy atom. The molecule has 1 fully saturated rings. The molecule has 0 spiro atoms. The molecule has 1 saturated heterocycles. The Morgan fingerprint density at radius 3 is 2.50 bits per heavy atom. The van der Waals surface area contributed by atoms with E-state index < -0.39 is 43.0 Å². The Labute approximate surface area is 159 Å². The number of carbonyl (C=O) groups excluding carboxylic acids is 1. The average molecular weight is 396 g/mol. The van der Waals surface area contributed by atoms with E-state index in [0.29, 0.717) is 17.3 Å². The van der Waals surface area contributed by atoms with E-state index in [1.807, 2.05) is 30.3 Å². The summed E-state index contributed by atoms with van der Waals surface area (Å²) in [5.41, 5.74) is 1.49. The second-order valence-corrected chi connectivity index (χ2v) is 6.78. The molecule has 2 atom stereocenters. The van der Waals surface area contributed by atoms with Crippen LogP contribution in [-0.4, -0.2) is 46.1 Å². The molecule has 150 valence electrons. The quantitative estimate of drug-likeness (QED) is 0.838. The summed E-state index contributed by atoms with van der Waals surface area (Å²) in [7, 11) is 0. The van der Waals surface area contributed by atoms with Gasteiger partial charge < -0.3 is 14.4 Å². The summed E-state index contributed by atoms with van der Waals surface area (Å²) in [6, 6.07) is 9.28. The van der Waals surface area contributed by atoms with Gasteiger partial charge in [0.25, 0.3) is 0 Å². The first kappa shape index (κ1) is 19.9. The number of alkyl halides is 3. The lowest BCUT2D eigenvalue weighted by Crippen LogP contribution is -2.34. The first-order chi connectivity index (χ1) is 13.2. The highest BCUT2D eigenvalue weighted by Crippen LogP contribution is 2.38. The Kier molecular flexibility index (Phi) is 5.44. The van der Waals surface area contributed by atoms with Crippen molar-refractivity contribution in [2.24, 2.45) is 11.8 Å². The average Bonchev–Trinajstić information content (AvgIpc) is 3.24. The molecule has 1 aromatic heterocycles. The Balaban J connectivity index is 1.64. The monoisotopic (exact) mass is 396 g/mol. The number of benzene rings is 1. The number of carboxylic acids is 1. The van der Waals surface area contributed by atoms with Crippen LogP contribution in [0.1, 0.15) is 18.0 Å². The third-order valence-corrected chi connectivity index (χ3v) is 4.84. The van der Waals surface area contributed by atoms with E-state index >= 15 is 0 Å². The molecule has 2 aromatic rings. The molecule has 6 nitrogen and oxygen atoms in total. The zero-order chi connectivity index (χ0) is 20.5. The highest BCUT2D eigenvalue weighted by atomic mass is 19.4. The second-order valence-electron chi connectivity index (χ2n) is 6.78. The van der Waals surface area contributed by atoms with E-state index in [2.05, 4.69) is 4.98 Å². The van der Waals surface area contributed by atoms with Crippen molar-refractivity contribution in [3.05, 3.63) is 41.9 Å². The van der Waals surface area contributed by atoms with Gasteiger partial charge in [0.05, 0.1) is 17.5 Å². The molecule has 3 rings (SSSR count). The molecule has 28 heavy (non-hydrogen) atoms. The molecule has 0 radical (unpaired) electrons. The number of aliphatic carboxylic acids is 1. The van der Waals surface area contributed by atoms with Gasteiger partial charge in [-0.1, -0.05) is 30.3 Å². The predicted molar refractivity (Wildman–Crippen MR) is 92.2 cm³/mol. The van der Waals surface area contributed by atoms with Crippen molar-refractivity contribution in [1.82, 2.24) is 9.88 Å². The molecule has 2 heterocycles. The van der Waals surface area contributed by atoms with Gasteiger partial charge in [-0.05, 0) is 6.92 Å². The fraction of sp³-hybridized carbons (Fsp3) is 0.421. The van der Waals surface area contributed by atoms with Crippen LogP contribution < -0.4 is 0 Å². The molecule has 1 amide bonds. The molecule has 0 bridgehead atoms. The molecular weight excluding hydrogens is 377 g/mol. The molecule has 9 heteroatoms. The lowest BCUT2D eigenvalue weighted by molar-refractivity contribution is -0.188. The van der Waals surface area contributed by atoms with Crippen LogP contribution in [0.5, 0.6) is 0 Å². The van der Waals surface area contributed by atoms with Crippen LogP contribution in [0, 0.1) is 18.8 Å². The van der Waals surface area contributed by atoms with Crippen molar-refractivity contribution in [3.63, 3.8) is 0 Å². The van der Waals surface area contributed by atoms with Crippen molar-refractivity contribution in [2.75, 3.05) is 13.1 Å². The van der Waals surface area contributed by atoms with Crippen LogP contribution in [0.15, 0.2) is 34.7 Å². The first-order valence-electron chi connectivity index (χ1n) is 8.76. The van der Waals surface area contributed by atoms with Gasteiger partial charge >= 0.3 is 12.1 Å². The van der Waals surface area contributed by atoms with E-state index in [4.69, 9.17) is 9.52 Å². The van der Waals surface area contributed by atoms with E-state index in [-0.39, 0.29) is 12.8 Å². The van der Waals surface area contributed by atoms with Crippen molar-refractivity contribution >= 4 is 11.9 Å². The highest BCUT2D eigenvalue weighted by molar-refractivity contribution is 5.79. The molecule has 1 aliphatic heterocycles. The summed E-state index contributed by atoms with van der Waals surface area (Å²) in [5, 5.41) is 9.03. The van der Waals surface area contributed by atoms with Crippen LogP contribution in [0.2, 0.25) is 0 Å². The summed E-state index contributed by atoms with van der Waals surface area (Å²) in [6.45, 7) is 0.681. The molecule has 0 aliphatic carbocycles. The lowest BCUT2D eigenvalue weighted by atomic mass is 9.96. The van der Waals surface area contributed by atoms with E-state index in [1.165, 1.54) is 0 Å². The third-order valence-electron chi connectivity index (χ3n) is 4.84. The Bertz CT molecular complexity index is 864. The maximum Gasteiger partial charge on any atom is 0.394 e. The number of carbonyl (C=O) groups is 2. The molecular formula is C19H19F3N2O4. The van der Waals surface area contributed by atoms with Crippen LogP contribution in [0.4, 0.5) is 13.2 Å². The topological polar surface area (TPSA) is 83.6 Å². The summed E-state index contributed by atoms with van der Waals surface area (Å²) in [6.07, 6.45) is -4.65. The normalized spacial score (nSPS) is 19.8. The van der Waals surface area contributed by atoms with Gasteiger partial charge in [0, 0.05) is 31.5 Å². The third kappa shape index (κ3) is 4.18. The Morgan fingerprint density at radius 2 is 1.93 bits per heavy atom. The minimum atomic E-state index is -4.66. The summed E-state index contributed by atoms with van der Waals surface area (Å²) in [5.74, 6) is -4.90. The zero-order valence-corrected chi connectivity index (χ0v) is 15.1. The number of oxazole rings is 1. The highest BCUT2D eigenvalue weighted by Gasteiger charge is 2.53. The maximum atomic E-state index is 13.0. The van der Waals surface area contributed by atoms with Crippen molar-refractivity contribution < 1.29 is 32.3 Å². The number of nitrogens with zero attached hydrogens (tertiary/aromatic N) is 2. The first-order valence-corrected chi connectivity index (χ1v) is 8.76. The van der Waals surface area contributed by atoms with Crippen molar-refractivity contribution in [1.29, 1.82) is 0 Å². The maximum absolute atomic E-state index is 13.0. The van der Waals surface area contributed by atoms with Gasteiger partial charge in [0.1, 0.15) is 0 Å². The van der Waals surface area contributed by atoms with Crippen molar-refractivity contribution in [2.45, 2.75) is 25.9 Å². The van der Waals surface area contributed by atoms with Gasteiger partial charge in [-0.15, -0.1) is 0 Å². The zero-order valence-electron chi connectivity index (χ0n) is 15.1. The largest absolute Gasteiger partial charge is 0.481 e. The SMILES string of the molecule is Cc1nc(CCC(=O)N2C[C@@H](C(F)(F)F)[C@H](C(=O)O)C2)oc1-c1ccccc1. The minimum absolute atomic E-state index is 0.106. The predicted octanol–water partition coefficient (Wildman–Crippen LogP) is 3.30. The Hall–Kier alpha value is -2.84. The molecule has 1 aromatic carbocycles. The second kappa shape index (κ2) is 7.65. The number of aromatic nitrogens is 1. The van der Waals surface area contributed by atoms with Gasteiger partial charge in [0.2, 0.25) is 5.91 Å². The summed E-state index contributed by atoms with van der Waals surface area (Å²) < 4.78 is 44.8. The summed E-state index contributed by atoms with van der Waals surface area (Å²) in [4.78, 5) is 28.7. The number of likely N-dealkylation sites (tertiary alicyclic amines) is 1. The van der Waals surface area contributed by atoms with Crippen LogP contribution in [0.3, 0.4) is 0 Å². The number of hydrogen-bond acceptors (Lipinski definition) is 4. The van der Waals surface area contributed by atoms with Gasteiger partial charge in [0.15, 0.2) is 11.7 Å². The number of aryl methyl sites for hydroxylation is 2. The molecule has 1 N–H and O–H groups in total. The molecule has 1 aliphatic rings. The minimum Gasteiger partial charge on any atom is -0.481 e. The number of rotatable bonds is 5. The fourth-order valence-corrected chi connectivity index (χ4v) is 3.38. The number of hydrogen-bond donors (Lipinski definition) is 1. The van der Waals surface area contributed by atoms with Crippen LogP contribution >= 0.6 is 0 Å². The molecule has 0 saturated carbocycles. The van der Waals surface area contributed by atoms with Crippen LogP contribution in [-0.2, 0) is 16.0 Å². The standard InChI is InChI=1S/C19H19F3N2O4/c1-11-17(12-5-3-2-4-6-12)28-15(23-11)7-8-16(25)24-9-13(18(26)27)14(10-24)19(20,21)22/h2-6,13-14H,7-10H2,1H3,(H,26,27)/t13-,14-/m1/s1. The van der Waals surface area contributed by atoms with E-state index in [9.17, 15) is 22.8 Å². The van der Waals surface area contributed by atoms with Gasteiger partial charge in [-0.3, -0.25) is 9.59 Å². The van der Waals surface area contributed by atoms with E-state index in [1.54, 1.807) is 6.92 Å². The fourth-order valence-electron chi connectivity index (χ4n) is 3.38. The summed E-state index contributed by atoms with van der Waals surface area (Å²) >= 11 is 0. The smallest absolute Gasteiger partial charge is 0.394 e. The number of halogens is 3. The molecule has 0 unspecified atom stereocenters. The lowest BCUT2D eigenvalue weighted by Gasteiger charge is -2.18. The number of amides is 1. The van der Waals surface area contributed by atoms with E-state index in [0.717, 1.165) is 10.5 Å². The van der Waals surface area contributed by atoms with Crippen LogP contribution in [0.25, 0.3) is 11.3 Å². The van der Waals surface area contributed by atoms with Gasteiger partial charge in [-0.2, -0.15) is 13.2 Å². The van der Waals surface area contributed by atoms with Crippen molar-refractivity contribution in [3.8, 4) is 11.3 Å².